The molecule has 0 amide bonds. The molecule has 0 fully saturated rings. The molecule has 0 saturated heterocycles. The van der Waals surface area contributed by atoms with Gasteiger partial charge < -0.3 is 5.32 Å². The summed E-state index contributed by atoms with van der Waals surface area (Å²) in [5.41, 5.74) is 7.03. The Balaban J connectivity index is 2.54. The van der Waals surface area contributed by atoms with Crippen molar-refractivity contribution in [2.24, 2.45) is 0 Å². The maximum absolute atomic E-state index is 4.41. The Kier molecular flexibility index (Phi) is 3.84. The van der Waals surface area contributed by atoms with E-state index >= 15 is 0 Å². The van der Waals surface area contributed by atoms with E-state index in [4.69, 9.17) is 0 Å². The molecule has 0 bridgehead atoms. The first-order valence-corrected chi connectivity index (χ1v) is 6.70. The molecule has 0 unspecified atom stereocenters. The summed E-state index contributed by atoms with van der Waals surface area (Å²) in [5, 5.41) is 12.0. The summed E-state index contributed by atoms with van der Waals surface area (Å²) in [6.07, 6.45) is 0. The van der Waals surface area contributed by atoms with Crippen LogP contribution in [0.5, 0.6) is 0 Å². The van der Waals surface area contributed by atoms with Crippen molar-refractivity contribution in [1.82, 2.24) is 10.2 Å². The second kappa shape index (κ2) is 5.39. The normalized spacial score (nSPS) is 10.6. The van der Waals surface area contributed by atoms with Crippen LogP contribution >= 0.6 is 0 Å². The molecule has 100 valence electrons. The van der Waals surface area contributed by atoms with Crippen LogP contribution in [0.25, 0.3) is 11.3 Å². The monoisotopic (exact) mass is 255 g/mol. The van der Waals surface area contributed by atoms with E-state index in [2.05, 4.69) is 68.3 Å². The Hall–Kier alpha value is -1.90. The lowest BCUT2D eigenvalue weighted by atomic mass is 9.98. The third-order valence-electron chi connectivity index (χ3n) is 3.50. The second-order valence-electron chi connectivity index (χ2n) is 5.00. The summed E-state index contributed by atoms with van der Waals surface area (Å²) >= 11 is 0. The summed E-state index contributed by atoms with van der Waals surface area (Å²) in [5.74, 6) is 0.883. The number of aryl methyl sites for hydroxylation is 2. The van der Waals surface area contributed by atoms with Gasteiger partial charge >= 0.3 is 0 Å². The van der Waals surface area contributed by atoms with Crippen LogP contribution in [-0.2, 0) is 0 Å². The Labute approximate surface area is 115 Å². The standard InChI is InChI=1S/C16H21N3/c1-6-17-16-13(5)12(4)15(18-19-16)14-8-7-10(2)9-11(14)3/h7-9H,6H2,1-5H3,(H,17,19). The summed E-state index contributed by atoms with van der Waals surface area (Å²) in [7, 11) is 0. The van der Waals surface area contributed by atoms with Crippen molar-refractivity contribution in [3.63, 3.8) is 0 Å². The number of benzene rings is 1. The molecule has 0 aliphatic carbocycles. The molecule has 0 aliphatic rings. The van der Waals surface area contributed by atoms with Crippen LogP contribution in [0.2, 0.25) is 0 Å². The molecule has 0 aliphatic heterocycles. The number of nitrogens with one attached hydrogen (secondary N) is 1. The molecule has 0 atom stereocenters. The number of anilines is 1. The van der Waals surface area contributed by atoms with Gasteiger partial charge in [0.2, 0.25) is 0 Å². The number of hydrogen-bond acceptors (Lipinski definition) is 3. The van der Waals surface area contributed by atoms with Crippen molar-refractivity contribution in [2.75, 3.05) is 11.9 Å². The van der Waals surface area contributed by atoms with Gasteiger partial charge in [0.15, 0.2) is 5.82 Å². The molecular weight excluding hydrogens is 234 g/mol. The average molecular weight is 255 g/mol. The van der Waals surface area contributed by atoms with E-state index in [1.807, 2.05) is 0 Å². The molecule has 0 saturated carbocycles. The van der Waals surface area contributed by atoms with Gasteiger partial charge in [-0.05, 0) is 51.3 Å². The minimum absolute atomic E-state index is 0.859. The molecule has 1 N–H and O–H groups in total. The molecule has 1 aromatic heterocycles. The number of aromatic nitrogens is 2. The van der Waals surface area contributed by atoms with Gasteiger partial charge in [0.05, 0.1) is 5.69 Å². The van der Waals surface area contributed by atoms with Gasteiger partial charge in [-0.25, -0.2) is 0 Å². The van der Waals surface area contributed by atoms with Crippen LogP contribution < -0.4 is 5.32 Å². The van der Waals surface area contributed by atoms with Crippen LogP contribution in [0.4, 0.5) is 5.82 Å². The molecule has 2 aromatic rings. The van der Waals surface area contributed by atoms with Gasteiger partial charge in [-0.15, -0.1) is 10.2 Å². The SMILES string of the molecule is CCNc1nnc(-c2ccc(C)cc2C)c(C)c1C. The highest BCUT2D eigenvalue weighted by atomic mass is 15.2. The highest BCUT2D eigenvalue weighted by Gasteiger charge is 2.12. The highest BCUT2D eigenvalue weighted by molar-refractivity contribution is 5.69. The fraction of sp³-hybridized carbons (Fsp3) is 0.375. The van der Waals surface area contributed by atoms with Crippen LogP contribution in [0.3, 0.4) is 0 Å². The lowest BCUT2D eigenvalue weighted by Gasteiger charge is -2.13. The van der Waals surface area contributed by atoms with Crippen LogP contribution in [-0.4, -0.2) is 16.7 Å². The molecule has 1 heterocycles. The van der Waals surface area contributed by atoms with Crippen molar-refractivity contribution in [3.05, 3.63) is 40.5 Å². The number of nitrogens with zero attached hydrogens (tertiary/aromatic N) is 2. The third-order valence-corrected chi connectivity index (χ3v) is 3.50. The van der Waals surface area contributed by atoms with Gasteiger partial charge in [0.25, 0.3) is 0 Å². The minimum atomic E-state index is 0.859. The predicted molar refractivity (Wildman–Crippen MR) is 80.6 cm³/mol. The largest absolute Gasteiger partial charge is 0.369 e. The Morgan fingerprint density at radius 1 is 1.00 bits per heavy atom. The van der Waals surface area contributed by atoms with Crippen molar-refractivity contribution in [1.29, 1.82) is 0 Å². The fourth-order valence-electron chi connectivity index (χ4n) is 2.28. The highest BCUT2D eigenvalue weighted by Crippen LogP contribution is 2.28. The first-order chi connectivity index (χ1) is 9.04. The zero-order valence-corrected chi connectivity index (χ0v) is 12.3. The zero-order chi connectivity index (χ0) is 14.0. The maximum Gasteiger partial charge on any atom is 0.151 e. The van der Waals surface area contributed by atoms with Gasteiger partial charge in [0.1, 0.15) is 0 Å². The Morgan fingerprint density at radius 3 is 2.37 bits per heavy atom. The Bertz CT molecular complexity index is 603. The minimum Gasteiger partial charge on any atom is -0.369 e. The fourth-order valence-corrected chi connectivity index (χ4v) is 2.28. The summed E-state index contributed by atoms with van der Waals surface area (Å²) in [4.78, 5) is 0. The quantitative estimate of drug-likeness (QED) is 0.906. The van der Waals surface area contributed by atoms with Crippen molar-refractivity contribution < 1.29 is 0 Å². The van der Waals surface area contributed by atoms with E-state index in [0.717, 1.165) is 18.1 Å². The van der Waals surface area contributed by atoms with E-state index in [-0.39, 0.29) is 0 Å². The molecule has 2 rings (SSSR count). The molecule has 19 heavy (non-hydrogen) atoms. The smallest absolute Gasteiger partial charge is 0.151 e. The van der Waals surface area contributed by atoms with Gasteiger partial charge in [-0.3, -0.25) is 0 Å². The molecule has 0 spiro atoms. The van der Waals surface area contributed by atoms with Crippen LogP contribution in [0, 0.1) is 27.7 Å². The summed E-state index contributed by atoms with van der Waals surface area (Å²) in [6, 6.07) is 6.44. The van der Waals surface area contributed by atoms with Crippen molar-refractivity contribution in [2.45, 2.75) is 34.6 Å². The van der Waals surface area contributed by atoms with E-state index in [0.29, 0.717) is 0 Å². The Morgan fingerprint density at radius 2 is 1.74 bits per heavy atom. The maximum atomic E-state index is 4.41. The van der Waals surface area contributed by atoms with Gasteiger partial charge in [0, 0.05) is 12.1 Å². The lowest BCUT2D eigenvalue weighted by Crippen LogP contribution is -2.06. The lowest BCUT2D eigenvalue weighted by molar-refractivity contribution is 0.985. The predicted octanol–water partition coefficient (Wildman–Crippen LogP) is 3.81. The second-order valence-corrected chi connectivity index (χ2v) is 5.00. The number of hydrogen-bond donors (Lipinski definition) is 1. The number of rotatable bonds is 3. The van der Waals surface area contributed by atoms with Crippen LogP contribution in [0.15, 0.2) is 18.2 Å². The van der Waals surface area contributed by atoms with E-state index in [9.17, 15) is 0 Å². The van der Waals surface area contributed by atoms with Gasteiger partial charge in [-0.2, -0.15) is 0 Å². The summed E-state index contributed by atoms with van der Waals surface area (Å²) < 4.78 is 0. The van der Waals surface area contributed by atoms with E-state index in [1.54, 1.807) is 0 Å². The molecule has 3 nitrogen and oxygen atoms in total. The first kappa shape index (κ1) is 13.5. The van der Waals surface area contributed by atoms with Crippen molar-refractivity contribution in [3.8, 4) is 11.3 Å². The molecule has 1 aromatic carbocycles. The van der Waals surface area contributed by atoms with E-state index in [1.165, 1.54) is 27.8 Å². The van der Waals surface area contributed by atoms with Crippen molar-refractivity contribution >= 4 is 5.82 Å². The van der Waals surface area contributed by atoms with E-state index < -0.39 is 0 Å². The summed E-state index contributed by atoms with van der Waals surface area (Å²) in [6.45, 7) is 11.4. The molecule has 0 radical (unpaired) electrons. The molecule has 3 heteroatoms. The zero-order valence-electron chi connectivity index (χ0n) is 12.3. The average Bonchev–Trinajstić information content (AvgIpc) is 2.37. The topological polar surface area (TPSA) is 37.8 Å². The molecular formula is C16H21N3. The first-order valence-electron chi connectivity index (χ1n) is 6.70. The van der Waals surface area contributed by atoms with Crippen LogP contribution in [0.1, 0.15) is 29.2 Å². The third kappa shape index (κ3) is 2.60. The van der Waals surface area contributed by atoms with Gasteiger partial charge in [-0.1, -0.05) is 23.8 Å².